The molecule has 0 aromatic carbocycles. The van der Waals surface area contributed by atoms with Gasteiger partial charge in [-0.1, -0.05) is 6.92 Å². The van der Waals surface area contributed by atoms with Gasteiger partial charge in [0.05, 0.1) is 13.1 Å². The molecule has 6 nitrogen and oxygen atoms in total. The number of carbonyl (C=O) groups excluding carboxylic acids is 1. The van der Waals surface area contributed by atoms with Crippen molar-refractivity contribution in [1.29, 1.82) is 0 Å². The van der Waals surface area contributed by atoms with E-state index in [2.05, 4.69) is 27.5 Å². The minimum atomic E-state index is 0.00921. The number of rotatable bonds is 7. The van der Waals surface area contributed by atoms with Crippen LogP contribution >= 0.6 is 0 Å². The monoisotopic (exact) mass is 265 g/mol. The van der Waals surface area contributed by atoms with E-state index in [4.69, 9.17) is 0 Å². The van der Waals surface area contributed by atoms with E-state index in [-0.39, 0.29) is 5.91 Å². The number of anilines is 1. The molecule has 1 aromatic heterocycles. The molecule has 106 valence electrons. The van der Waals surface area contributed by atoms with Crippen molar-refractivity contribution >= 4 is 11.7 Å². The van der Waals surface area contributed by atoms with Crippen LogP contribution < -0.4 is 10.6 Å². The van der Waals surface area contributed by atoms with E-state index < -0.39 is 0 Å². The fourth-order valence-corrected chi connectivity index (χ4v) is 1.84. The lowest BCUT2D eigenvalue weighted by Crippen LogP contribution is -2.36. The van der Waals surface area contributed by atoms with Crippen LogP contribution in [0.3, 0.4) is 0 Å². The molecule has 0 atom stereocenters. The van der Waals surface area contributed by atoms with E-state index in [1.165, 1.54) is 0 Å². The Morgan fingerprint density at radius 2 is 2.11 bits per heavy atom. The number of aromatic nitrogens is 2. The van der Waals surface area contributed by atoms with Crippen molar-refractivity contribution in [3.8, 4) is 0 Å². The van der Waals surface area contributed by atoms with Crippen molar-refractivity contribution in [3.63, 3.8) is 0 Å². The van der Waals surface area contributed by atoms with Crippen LogP contribution in [-0.2, 0) is 11.3 Å². The molecule has 2 N–H and O–H groups in total. The lowest BCUT2D eigenvalue weighted by atomic mass is 10.3. The van der Waals surface area contributed by atoms with Gasteiger partial charge in [0.25, 0.3) is 0 Å². The van der Waals surface area contributed by atoms with Crippen LogP contribution in [0.4, 0.5) is 5.82 Å². The van der Waals surface area contributed by atoms with Crippen molar-refractivity contribution in [2.24, 2.45) is 0 Å². The molecule has 0 aliphatic heterocycles. The van der Waals surface area contributed by atoms with E-state index in [1.54, 1.807) is 7.05 Å². The maximum Gasteiger partial charge on any atom is 0.233 e. The third-order valence-corrected chi connectivity index (χ3v) is 2.71. The van der Waals surface area contributed by atoms with Crippen LogP contribution in [0.15, 0.2) is 6.07 Å². The summed E-state index contributed by atoms with van der Waals surface area (Å²) in [6.07, 6.45) is 0.988. The van der Waals surface area contributed by atoms with Crippen molar-refractivity contribution in [3.05, 3.63) is 17.6 Å². The highest BCUT2D eigenvalue weighted by Crippen LogP contribution is 2.07. The number of carbonyl (C=O) groups is 1. The molecular weight excluding hydrogens is 242 g/mol. The van der Waals surface area contributed by atoms with Gasteiger partial charge in [0, 0.05) is 25.9 Å². The van der Waals surface area contributed by atoms with Gasteiger partial charge >= 0.3 is 0 Å². The minimum Gasteiger partial charge on any atom is -0.373 e. The second-order valence-corrected chi connectivity index (χ2v) is 4.44. The van der Waals surface area contributed by atoms with E-state index in [0.29, 0.717) is 13.1 Å². The molecule has 1 amide bonds. The Kier molecular flexibility index (Phi) is 6.21. The Hall–Kier alpha value is -1.69. The molecule has 1 aromatic rings. The first-order chi connectivity index (χ1) is 9.08. The number of nitrogens with one attached hydrogen (secondary N) is 2. The van der Waals surface area contributed by atoms with Crippen LogP contribution in [0, 0.1) is 6.92 Å². The third-order valence-electron chi connectivity index (χ3n) is 2.71. The Balaban J connectivity index is 2.77. The summed E-state index contributed by atoms with van der Waals surface area (Å²) in [5, 5.41) is 5.66. The summed E-state index contributed by atoms with van der Waals surface area (Å²) in [5.74, 6) is 1.55. The molecule has 0 radical (unpaired) electrons. The van der Waals surface area contributed by atoms with E-state index in [9.17, 15) is 4.79 Å². The SMILES string of the molecule is CCCN(CC(=O)NC)Cc1nc(C)cc(NC)n1. The van der Waals surface area contributed by atoms with Crippen molar-refractivity contribution in [2.75, 3.05) is 32.5 Å². The number of amides is 1. The van der Waals surface area contributed by atoms with Crippen molar-refractivity contribution < 1.29 is 4.79 Å². The molecule has 0 fully saturated rings. The summed E-state index contributed by atoms with van der Waals surface area (Å²) < 4.78 is 0. The maximum atomic E-state index is 11.5. The zero-order chi connectivity index (χ0) is 14.3. The minimum absolute atomic E-state index is 0.00921. The molecule has 6 heteroatoms. The lowest BCUT2D eigenvalue weighted by molar-refractivity contribution is -0.121. The summed E-state index contributed by atoms with van der Waals surface area (Å²) in [7, 11) is 3.48. The van der Waals surface area contributed by atoms with Gasteiger partial charge in [-0.3, -0.25) is 9.69 Å². The number of aryl methyl sites for hydroxylation is 1. The van der Waals surface area contributed by atoms with Gasteiger partial charge in [-0.05, 0) is 19.9 Å². The highest BCUT2D eigenvalue weighted by molar-refractivity contribution is 5.77. The van der Waals surface area contributed by atoms with Gasteiger partial charge in [-0.25, -0.2) is 9.97 Å². The van der Waals surface area contributed by atoms with E-state index in [1.807, 2.05) is 24.9 Å². The summed E-state index contributed by atoms with van der Waals surface area (Å²) in [5.41, 5.74) is 0.922. The van der Waals surface area contributed by atoms with Gasteiger partial charge in [0.2, 0.25) is 5.91 Å². The third kappa shape index (κ3) is 5.21. The zero-order valence-electron chi connectivity index (χ0n) is 12.2. The number of hydrogen-bond donors (Lipinski definition) is 2. The van der Waals surface area contributed by atoms with Crippen LogP contribution in [0.1, 0.15) is 24.9 Å². The predicted molar refractivity (Wildman–Crippen MR) is 76.0 cm³/mol. The Morgan fingerprint density at radius 1 is 1.37 bits per heavy atom. The Labute approximate surface area is 114 Å². The molecule has 0 aliphatic rings. The van der Waals surface area contributed by atoms with Gasteiger partial charge in [-0.15, -0.1) is 0 Å². The molecule has 1 rings (SSSR count). The van der Waals surface area contributed by atoms with Gasteiger partial charge in [0.15, 0.2) is 0 Å². The Bertz CT molecular complexity index is 421. The summed E-state index contributed by atoms with van der Waals surface area (Å²) in [6.45, 7) is 5.83. The smallest absolute Gasteiger partial charge is 0.233 e. The molecule has 0 bridgehead atoms. The topological polar surface area (TPSA) is 70.2 Å². The largest absolute Gasteiger partial charge is 0.373 e. The second kappa shape index (κ2) is 7.68. The highest BCUT2D eigenvalue weighted by Gasteiger charge is 2.11. The zero-order valence-corrected chi connectivity index (χ0v) is 12.2. The molecular formula is C13H23N5O. The maximum absolute atomic E-state index is 11.5. The second-order valence-electron chi connectivity index (χ2n) is 4.44. The first-order valence-corrected chi connectivity index (χ1v) is 6.54. The van der Waals surface area contributed by atoms with Crippen LogP contribution in [0.5, 0.6) is 0 Å². The van der Waals surface area contributed by atoms with Crippen LogP contribution in [-0.4, -0.2) is 48.0 Å². The van der Waals surface area contributed by atoms with Crippen molar-refractivity contribution in [1.82, 2.24) is 20.2 Å². The molecule has 0 unspecified atom stereocenters. The molecule has 19 heavy (non-hydrogen) atoms. The number of likely N-dealkylation sites (N-methyl/N-ethyl adjacent to an activating group) is 1. The fourth-order valence-electron chi connectivity index (χ4n) is 1.84. The molecule has 0 aliphatic carbocycles. The molecule has 0 saturated carbocycles. The first kappa shape index (κ1) is 15.4. The molecule has 0 saturated heterocycles. The average Bonchev–Trinajstić information content (AvgIpc) is 2.38. The standard InChI is InChI=1S/C13H23N5O/c1-5-6-18(9-13(19)15-4)8-12-16-10(2)7-11(14-3)17-12/h7H,5-6,8-9H2,1-4H3,(H,15,19)(H,14,16,17). The summed E-state index contributed by atoms with van der Waals surface area (Å²) in [6, 6.07) is 1.90. The fraction of sp³-hybridized carbons (Fsp3) is 0.615. The predicted octanol–water partition coefficient (Wildman–Crippen LogP) is 0.785. The van der Waals surface area contributed by atoms with Crippen molar-refractivity contribution in [2.45, 2.75) is 26.8 Å². The van der Waals surface area contributed by atoms with Gasteiger partial charge in [0.1, 0.15) is 11.6 Å². The number of nitrogens with zero attached hydrogens (tertiary/aromatic N) is 3. The Morgan fingerprint density at radius 3 is 2.68 bits per heavy atom. The number of hydrogen-bond acceptors (Lipinski definition) is 5. The average molecular weight is 265 g/mol. The highest BCUT2D eigenvalue weighted by atomic mass is 16.1. The first-order valence-electron chi connectivity index (χ1n) is 6.54. The van der Waals surface area contributed by atoms with E-state index >= 15 is 0 Å². The quantitative estimate of drug-likeness (QED) is 0.762. The lowest BCUT2D eigenvalue weighted by Gasteiger charge is -2.20. The summed E-state index contributed by atoms with van der Waals surface area (Å²) >= 11 is 0. The van der Waals surface area contributed by atoms with Gasteiger partial charge in [-0.2, -0.15) is 0 Å². The van der Waals surface area contributed by atoms with Crippen LogP contribution in [0.25, 0.3) is 0 Å². The van der Waals surface area contributed by atoms with Crippen LogP contribution in [0.2, 0.25) is 0 Å². The molecule has 0 spiro atoms. The van der Waals surface area contributed by atoms with Gasteiger partial charge < -0.3 is 10.6 Å². The van der Waals surface area contributed by atoms with E-state index in [0.717, 1.165) is 30.3 Å². The molecule has 1 heterocycles. The normalized spacial score (nSPS) is 10.6. The summed E-state index contributed by atoms with van der Waals surface area (Å²) in [4.78, 5) is 22.3.